The number of carbonyl (C=O) groups is 1. The van der Waals surface area contributed by atoms with E-state index in [2.05, 4.69) is 5.10 Å². The van der Waals surface area contributed by atoms with Gasteiger partial charge in [0.05, 0.1) is 18.9 Å². The summed E-state index contributed by atoms with van der Waals surface area (Å²) in [4.78, 5) is 12.1. The molecule has 0 spiro atoms. The number of allylic oxidation sites excluding steroid dienone is 1. The Morgan fingerprint density at radius 1 is 1.42 bits per heavy atom. The number of ether oxygens (including phenoxy) is 2. The highest BCUT2D eigenvalue weighted by molar-refractivity contribution is 6.14. The van der Waals surface area contributed by atoms with E-state index in [1.807, 2.05) is 13.2 Å². The smallest absolute Gasteiger partial charge is 0.231 e. The molecule has 5 nitrogen and oxygen atoms in total. The third-order valence-corrected chi connectivity index (χ3v) is 2.90. The third kappa shape index (κ3) is 1.99. The second kappa shape index (κ2) is 4.28. The fourth-order valence-corrected chi connectivity index (χ4v) is 1.96. The third-order valence-electron chi connectivity index (χ3n) is 2.90. The first-order valence-electron chi connectivity index (χ1n) is 5.78. The van der Waals surface area contributed by atoms with Gasteiger partial charge in [0, 0.05) is 24.9 Å². The molecule has 0 bridgehead atoms. The van der Waals surface area contributed by atoms with Crippen LogP contribution in [0.5, 0.6) is 11.5 Å². The minimum Gasteiger partial charge on any atom is -0.497 e. The number of ketones is 1. The lowest BCUT2D eigenvalue weighted by Crippen LogP contribution is -1.97. The van der Waals surface area contributed by atoms with Crippen molar-refractivity contribution < 1.29 is 14.3 Å². The van der Waals surface area contributed by atoms with Crippen molar-refractivity contribution in [3.63, 3.8) is 0 Å². The van der Waals surface area contributed by atoms with Crippen LogP contribution in [0, 0.1) is 0 Å². The monoisotopic (exact) mass is 256 g/mol. The van der Waals surface area contributed by atoms with Crippen LogP contribution in [-0.4, -0.2) is 22.7 Å². The van der Waals surface area contributed by atoms with E-state index in [4.69, 9.17) is 9.47 Å². The molecule has 0 unspecified atom stereocenters. The Morgan fingerprint density at radius 2 is 2.26 bits per heavy atom. The molecular formula is C14H12N2O3. The average molecular weight is 256 g/mol. The van der Waals surface area contributed by atoms with Gasteiger partial charge in [-0.15, -0.1) is 0 Å². The highest BCUT2D eigenvalue weighted by atomic mass is 16.5. The van der Waals surface area contributed by atoms with E-state index in [0.717, 1.165) is 5.56 Å². The second-order valence-electron chi connectivity index (χ2n) is 4.25. The summed E-state index contributed by atoms with van der Waals surface area (Å²) in [5.74, 6) is 1.37. The van der Waals surface area contributed by atoms with Crippen LogP contribution in [0.15, 0.2) is 36.4 Å². The first kappa shape index (κ1) is 11.5. The first-order valence-corrected chi connectivity index (χ1v) is 5.78. The zero-order chi connectivity index (χ0) is 13.4. The Hall–Kier alpha value is -2.56. The zero-order valence-corrected chi connectivity index (χ0v) is 10.6. The van der Waals surface area contributed by atoms with Gasteiger partial charge in [-0.2, -0.15) is 5.10 Å². The topological polar surface area (TPSA) is 53.4 Å². The largest absolute Gasteiger partial charge is 0.497 e. The summed E-state index contributed by atoms with van der Waals surface area (Å²) in [5, 5.41) is 4.05. The predicted octanol–water partition coefficient (Wildman–Crippen LogP) is 2.04. The van der Waals surface area contributed by atoms with Crippen molar-refractivity contribution in [1.29, 1.82) is 0 Å². The lowest BCUT2D eigenvalue weighted by Gasteiger charge is -2.01. The molecule has 0 N–H and O–H groups in total. The number of rotatable bonds is 2. The molecule has 96 valence electrons. The van der Waals surface area contributed by atoms with Gasteiger partial charge in [-0.3, -0.25) is 9.48 Å². The molecule has 2 heterocycles. The molecule has 1 aliphatic rings. The molecule has 2 aromatic rings. The Balaban J connectivity index is 1.96. The van der Waals surface area contributed by atoms with Gasteiger partial charge in [0.2, 0.25) is 5.78 Å². The standard InChI is InChI=1S/C14H12N2O3/c1-16-8-9(7-15-16)5-13-14(17)11-4-3-10(18-2)6-12(11)19-13/h3-8H,1-2H3/b13-5-. The molecule has 1 aromatic heterocycles. The number of methoxy groups -OCH3 is 1. The van der Waals surface area contributed by atoms with Gasteiger partial charge in [0.15, 0.2) is 5.76 Å². The molecule has 0 atom stereocenters. The number of aryl methyl sites for hydroxylation is 1. The van der Waals surface area contributed by atoms with Crippen LogP contribution in [0.25, 0.3) is 6.08 Å². The minimum absolute atomic E-state index is 0.124. The maximum absolute atomic E-state index is 12.1. The summed E-state index contributed by atoms with van der Waals surface area (Å²) in [7, 11) is 3.39. The number of hydrogen-bond acceptors (Lipinski definition) is 4. The summed E-state index contributed by atoms with van der Waals surface area (Å²) >= 11 is 0. The summed E-state index contributed by atoms with van der Waals surface area (Å²) < 4.78 is 12.3. The molecule has 0 amide bonds. The molecule has 1 aromatic carbocycles. The Kier molecular flexibility index (Phi) is 2.59. The number of carbonyl (C=O) groups excluding carboxylic acids is 1. The van der Waals surface area contributed by atoms with E-state index in [-0.39, 0.29) is 5.78 Å². The quantitative estimate of drug-likeness (QED) is 0.772. The molecule has 1 aliphatic heterocycles. The summed E-state index contributed by atoms with van der Waals surface area (Å²) in [6.45, 7) is 0. The molecule has 19 heavy (non-hydrogen) atoms. The van der Waals surface area contributed by atoms with E-state index in [1.54, 1.807) is 42.3 Å². The van der Waals surface area contributed by atoms with Gasteiger partial charge in [-0.05, 0) is 18.2 Å². The van der Waals surface area contributed by atoms with Crippen LogP contribution in [0.3, 0.4) is 0 Å². The van der Waals surface area contributed by atoms with E-state index in [0.29, 0.717) is 22.8 Å². The van der Waals surface area contributed by atoms with Crippen LogP contribution in [0.1, 0.15) is 15.9 Å². The number of Topliss-reactive ketones (excluding diaryl/α,β-unsaturated/α-hetero) is 1. The van der Waals surface area contributed by atoms with Crippen molar-refractivity contribution in [2.45, 2.75) is 0 Å². The normalized spacial score (nSPS) is 15.5. The molecule has 3 rings (SSSR count). The van der Waals surface area contributed by atoms with Crippen molar-refractivity contribution in [2.24, 2.45) is 7.05 Å². The average Bonchev–Trinajstić information content (AvgIpc) is 2.95. The number of nitrogens with zero attached hydrogens (tertiary/aromatic N) is 2. The van der Waals surface area contributed by atoms with Crippen molar-refractivity contribution in [1.82, 2.24) is 9.78 Å². The maximum Gasteiger partial charge on any atom is 0.231 e. The number of hydrogen-bond donors (Lipinski definition) is 0. The molecule has 0 aliphatic carbocycles. The molecule has 5 heteroatoms. The van der Waals surface area contributed by atoms with Crippen molar-refractivity contribution in [3.05, 3.63) is 47.5 Å². The van der Waals surface area contributed by atoms with Crippen molar-refractivity contribution in [3.8, 4) is 11.5 Å². The predicted molar refractivity (Wildman–Crippen MR) is 69.1 cm³/mol. The van der Waals surface area contributed by atoms with E-state index < -0.39 is 0 Å². The Labute approximate surface area is 110 Å². The Morgan fingerprint density at radius 3 is 2.95 bits per heavy atom. The minimum atomic E-state index is -0.124. The van der Waals surface area contributed by atoms with Gasteiger partial charge in [0.1, 0.15) is 11.5 Å². The van der Waals surface area contributed by atoms with Crippen LogP contribution in [-0.2, 0) is 7.05 Å². The summed E-state index contributed by atoms with van der Waals surface area (Å²) in [6, 6.07) is 5.16. The fourth-order valence-electron chi connectivity index (χ4n) is 1.96. The molecule has 0 saturated heterocycles. The van der Waals surface area contributed by atoms with Gasteiger partial charge < -0.3 is 9.47 Å². The van der Waals surface area contributed by atoms with Crippen LogP contribution in [0.4, 0.5) is 0 Å². The molecular weight excluding hydrogens is 244 g/mol. The van der Waals surface area contributed by atoms with Crippen LogP contribution >= 0.6 is 0 Å². The van der Waals surface area contributed by atoms with Gasteiger partial charge in [-0.25, -0.2) is 0 Å². The first-order chi connectivity index (χ1) is 9.17. The highest BCUT2D eigenvalue weighted by Crippen LogP contribution is 2.34. The van der Waals surface area contributed by atoms with Crippen LogP contribution < -0.4 is 9.47 Å². The van der Waals surface area contributed by atoms with E-state index >= 15 is 0 Å². The lowest BCUT2D eigenvalue weighted by atomic mass is 10.1. The highest BCUT2D eigenvalue weighted by Gasteiger charge is 2.27. The van der Waals surface area contributed by atoms with Crippen molar-refractivity contribution in [2.75, 3.05) is 7.11 Å². The van der Waals surface area contributed by atoms with E-state index in [9.17, 15) is 4.79 Å². The van der Waals surface area contributed by atoms with Crippen LogP contribution in [0.2, 0.25) is 0 Å². The van der Waals surface area contributed by atoms with Gasteiger partial charge >= 0.3 is 0 Å². The SMILES string of the molecule is COc1ccc2c(c1)O/C(=C\c1cnn(C)c1)C2=O. The number of fused-ring (bicyclic) bond motifs is 1. The summed E-state index contributed by atoms with van der Waals surface area (Å²) in [6.07, 6.45) is 5.17. The lowest BCUT2D eigenvalue weighted by molar-refractivity contribution is 0.101. The molecule has 0 radical (unpaired) electrons. The van der Waals surface area contributed by atoms with Crippen molar-refractivity contribution >= 4 is 11.9 Å². The number of benzene rings is 1. The molecule has 0 saturated carbocycles. The second-order valence-corrected chi connectivity index (χ2v) is 4.25. The van der Waals surface area contributed by atoms with Gasteiger partial charge in [0.25, 0.3) is 0 Å². The zero-order valence-electron chi connectivity index (χ0n) is 10.6. The Bertz CT molecular complexity index is 686. The maximum atomic E-state index is 12.1. The van der Waals surface area contributed by atoms with Gasteiger partial charge in [-0.1, -0.05) is 0 Å². The van der Waals surface area contributed by atoms with E-state index in [1.165, 1.54) is 0 Å². The number of aromatic nitrogens is 2. The summed E-state index contributed by atoms with van der Waals surface area (Å²) in [5.41, 5.74) is 1.38. The fraction of sp³-hybridized carbons (Fsp3) is 0.143. The molecule has 0 fully saturated rings.